The van der Waals surface area contributed by atoms with Crippen LogP contribution in [0.4, 0.5) is 0 Å². The first kappa shape index (κ1) is 20.4. The molecule has 0 spiro atoms. The Balaban J connectivity index is 1.76. The quantitative estimate of drug-likeness (QED) is 0.408. The van der Waals surface area contributed by atoms with E-state index in [4.69, 9.17) is 9.15 Å². The number of benzene rings is 2. The first-order chi connectivity index (χ1) is 16.5. The van der Waals surface area contributed by atoms with Crippen molar-refractivity contribution in [3.05, 3.63) is 103 Å². The molecule has 1 aliphatic rings. The van der Waals surface area contributed by atoms with Gasteiger partial charge in [-0.15, -0.1) is 0 Å². The SMILES string of the molecule is Cn1c(=O)c2c(-c3ccccc3)n3c(c2n(C)c1=O)[C@@H](c1coc2ccccc2c1=O)OCC3. The molecule has 1 atom stereocenters. The van der Waals surface area contributed by atoms with Crippen LogP contribution in [0.3, 0.4) is 0 Å². The lowest BCUT2D eigenvalue weighted by Crippen LogP contribution is -2.37. The second kappa shape index (κ2) is 7.43. The number of fused-ring (bicyclic) bond motifs is 4. The van der Waals surface area contributed by atoms with Crippen LogP contribution < -0.4 is 16.7 Å². The third-order valence-electron chi connectivity index (χ3n) is 6.59. The molecule has 0 saturated heterocycles. The van der Waals surface area contributed by atoms with Crippen LogP contribution in [0.1, 0.15) is 17.4 Å². The molecule has 8 heteroatoms. The van der Waals surface area contributed by atoms with Crippen molar-refractivity contribution in [1.82, 2.24) is 13.7 Å². The number of nitrogens with zero attached hydrogens (tertiary/aromatic N) is 3. The normalized spacial score (nSPS) is 15.6. The monoisotopic (exact) mass is 455 g/mol. The molecular weight excluding hydrogens is 434 g/mol. The number of hydrogen-bond acceptors (Lipinski definition) is 5. The van der Waals surface area contributed by atoms with Gasteiger partial charge in [-0.25, -0.2) is 4.79 Å². The van der Waals surface area contributed by atoms with Crippen LogP contribution >= 0.6 is 0 Å². The number of hydrogen-bond donors (Lipinski definition) is 0. The lowest BCUT2D eigenvalue weighted by Gasteiger charge is -2.27. The molecule has 34 heavy (non-hydrogen) atoms. The summed E-state index contributed by atoms with van der Waals surface area (Å²) in [5.41, 5.74) is 2.39. The van der Waals surface area contributed by atoms with E-state index in [1.807, 2.05) is 34.9 Å². The van der Waals surface area contributed by atoms with Crippen molar-refractivity contribution < 1.29 is 9.15 Å². The maximum absolute atomic E-state index is 13.4. The lowest BCUT2D eigenvalue weighted by molar-refractivity contribution is 0.0463. The van der Waals surface area contributed by atoms with Crippen LogP contribution in [0.15, 0.2) is 79.7 Å². The molecule has 8 nitrogen and oxygen atoms in total. The summed E-state index contributed by atoms with van der Waals surface area (Å²) in [7, 11) is 3.11. The predicted molar refractivity (Wildman–Crippen MR) is 128 cm³/mol. The average molecular weight is 455 g/mol. The summed E-state index contributed by atoms with van der Waals surface area (Å²) in [4.78, 5) is 39.8. The van der Waals surface area contributed by atoms with Crippen molar-refractivity contribution in [2.24, 2.45) is 14.1 Å². The van der Waals surface area contributed by atoms with E-state index in [2.05, 4.69) is 0 Å². The summed E-state index contributed by atoms with van der Waals surface area (Å²) in [6, 6.07) is 16.6. The van der Waals surface area contributed by atoms with E-state index < -0.39 is 11.8 Å². The minimum atomic E-state index is -0.799. The van der Waals surface area contributed by atoms with Crippen LogP contribution in [0.5, 0.6) is 0 Å². The van der Waals surface area contributed by atoms with Gasteiger partial charge in [0.05, 0.1) is 39.8 Å². The Morgan fingerprint density at radius 3 is 2.44 bits per heavy atom. The van der Waals surface area contributed by atoms with Gasteiger partial charge >= 0.3 is 5.69 Å². The van der Waals surface area contributed by atoms with Gasteiger partial charge in [0.2, 0.25) is 0 Å². The van der Waals surface area contributed by atoms with Crippen molar-refractivity contribution in [3.63, 3.8) is 0 Å². The Hall–Kier alpha value is -4.17. The predicted octanol–water partition coefficient (Wildman–Crippen LogP) is 2.93. The summed E-state index contributed by atoms with van der Waals surface area (Å²) in [6.45, 7) is 0.806. The van der Waals surface area contributed by atoms with E-state index in [0.29, 0.717) is 52.0 Å². The van der Waals surface area contributed by atoms with Gasteiger partial charge in [0.15, 0.2) is 5.43 Å². The first-order valence-corrected chi connectivity index (χ1v) is 11.0. The highest BCUT2D eigenvalue weighted by Gasteiger charge is 2.34. The topological polar surface area (TPSA) is 88.4 Å². The molecule has 6 rings (SSSR count). The zero-order chi connectivity index (χ0) is 23.6. The van der Waals surface area contributed by atoms with Gasteiger partial charge in [-0.05, 0) is 17.7 Å². The molecule has 2 aromatic carbocycles. The Labute approximate surface area is 192 Å². The third kappa shape index (κ3) is 2.72. The van der Waals surface area contributed by atoms with Gasteiger partial charge in [0, 0.05) is 20.6 Å². The van der Waals surface area contributed by atoms with Gasteiger partial charge in [0.1, 0.15) is 18.0 Å². The Kier molecular flexibility index (Phi) is 4.46. The van der Waals surface area contributed by atoms with Crippen LogP contribution in [-0.4, -0.2) is 20.3 Å². The number of aromatic nitrogens is 3. The van der Waals surface area contributed by atoms with Crippen molar-refractivity contribution in [2.75, 3.05) is 6.61 Å². The van der Waals surface area contributed by atoms with Crippen molar-refractivity contribution >= 4 is 21.9 Å². The molecule has 0 bridgehead atoms. The van der Waals surface area contributed by atoms with Crippen molar-refractivity contribution in [3.8, 4) is 11.3 Å². The lowest BCUT2D eigenvalue weighted by atomic mass is 10.0. The summed E-state index contributed by atoms with van der Waals surface area (Å²) in [5, 5.41) is 0.871. The molecule has 5 aromatic rings. The minimum Gasteiger partial charge on any atom is -0.464 e. The molecule has 0 radical (unpaired) electrons. The molecule has 0 saturated carbocycles. The highest BCUT2D eigenvalue weighted by Crippen LogP contribution is 2.40. The number of aryl methyl sites for hydroxylation is 1. The fraction of sp³-hybridized carbons (Fsp3) is 0.192. The number of ether oxygens (including phenoxy) is 1. The second-order valence-corrected chi connectivity index (χ2v) is 8.45. The zero-order valence-electron chi connectivity index (χ0n) is 18.6. The Morgan fingerprint density at radius 2 is 1.65 bits per heavy atom. The van der Waals surface area contributed by atoms with Crippen LogP contribution in [0, 0.1) is 0 Å². The van der Waals surface area contributed by atoms with Crippen LogP contribution in [-0.2, 0) is 25.4 Å². The molecule has 170 valence electrons. The molecule has 0 N–H and O–H groups in total. The Bertz CT molecular complexity index is 1770. The van der Waals surface area contributed by atoms with E-state index in [0.717, 1.165) is 10.1 Å². The smallest absolute Gasteiger partial charge is 0.331 e. The van der Waals surface area contributed by atoms with Crippen molar-refractivity contribution in [2.45, 2.75) is 12.6 Å². The Morgan fingerprint density at radius 1 is 0.912 bits per heavy atom. The second-order valence-electron chi connectivity index (χ2n) is 8.45. The van der Waals surface area contributed by atoms with Gasteiger partial charge in [-0.1, -0.05) is 42.5 Å². The summed E-state index contributed by atoms with van der Waals surface area (Å²) < 4.78 is 16.5. The van der Waals surface area contributed by atoms with E-state index in [1.54, 1.807) is 31.3 Å². The van der Waals surface area contributed by atoms with E-state index in [-0.39, 0.29) is 11.0 Å². The van der Waals surface area contributed by atoms with Crippen LogP contribution in [0.2, 0.25) is 0 Å². The van der Waals surface area contributed by atoms with Gasteiger partial charge in [-0.3, -0.25) is 18.7 Å². The van der Waals surface area contributed by atoms with E-state index in [1.165, 1.54) is 17.9 Å². The minimum absolute atomic E-state index is 0.204. The van der Waals surface area contributed by atoms with E-state index >= 15 is 0 Å². The maximum atomic E-state index is 13.4. The van der Waals surface area contributed by atoms with Crippen LogP contribution in [0.25, 0.3) is 33.1 Å². The van der Waals surface area contributed by atoms with Gasteiger partial charge in [0.25, 0.3) is 5.56 Å². The number of rotatable bonds is 2. The summed E-state index contributed by atoms with van der Waals surface area (Å²) in [6.07, 6.45) is 0.623. The molecule has 4 heterocycles. The molecule has 0 fully saturated rings. The first-order valence-electron chi connectivity index (χ1n) is 11.0. The largest absolute Gasteiger partial charge is 0.464 e. The molecule has 1 aliphatic heterocycles. The molecular formula is C26H21N3O5. The molecule has 0 aliphatic carbocycles. The highest BCUT2D eigenvalue weighted by molar-refractivity contribution is 5.96. The summed E-state index contributed by atoms with van der Waals surface area (Å²) in [5.74, 6) is 0. The number of para-hydroxylation sites is 1. The maximum Gasteiger partial charge on any atom is 0.331 e. The van der Waals surface area contributed by atoms with Gasteiger partial charge in [-0.2, -0.15) is 0 Å². The van der Waals surface area contributed by atoms with E-state index in [9.17, 15) is 14.4 Å². The van der Waals surface area contributed by atoms with Gasteiger partial charge < -0.3 is 13.7 Å². The third-order valence-corrected chi connectivity index (χ3v) is 6.59. The highest BCUT2D eigenvalue weighted by atomic mass is 16.5. The molecule has 0 unspecified atom stereocenters. The zero-order valence-corrected chi connectivity index (χ0v) is 18.6. The molecule has 3 aromatic heterocycles. The fourth-order valence-electron chi connectivity index (χ4n) is 4.99. The molecule has 0 amide bonds. The average Bonchev–Trinajstić information content (AvgIpc) is 3.23. The summed E-state index contributed by atoms with van der Waals surface area (Å²) >= 11 is 0. The fourth-order valence-corrected chi connectivity index (χ4v) is 4.99. The van der Waals surface area contributed by atoms with Crippen molar-refractivity contribution in [1.29, 1.82) is 0 Å². The standard InChI is InChI=1S/C26H21N3O5/c1-27-21-19(25(31)28(2)26(27)32)20(15-8-4-3-5-9-15)29-12-13-33-24(22(21)29)17-14-34-18-11-7-6-10-16(18)23(17)30/h3-11,14,24H,12-13H2,1-2H3/t24-/m1/s1.